The highest BCUT2D eigenvalue weighted by Gasteiger charge is 2.16. The highest BCUT2D eigenvalue weighted by atomic mass is 79.9. The topological polar surface area (TPSA) is 108 Å². The molecular weight excluding hydrogens is 462 g/mol. The van der Waals surface area contributed by atoms with Gasteiger partial charge in [0.1, 0.15) is 5.75 Å². The van der Waals surface area contributed by atoms with Gasteiger partial charge in [-0.15, -0.1) is 0 Å². The van der Waals surface area contributed by atoms with Crippen LogP contribution in [0, 0.1) is 0 Å². The highest BCUT2D eigenvalue weighted by Crippen LogP contribution is 2.20. The quantitative estimate of drug-likeness (QED) is 0.347. The second kappa shape index (κ2) is 10.2. The average Bonchev–Trinajstić information content (AvgIpc) is 2.81. The Morgan fingerprint density at radius 2 is 1.84 bits per heavy atom. The number of phenolic OH excluding ortho intramolecular Hbond substituents is 1. The van der Waals surface area contributed by atoms with E-state index in [1.54, 1.807) is 18.2 Å². The van der Waals surface area contributed by atoms with Gasteiger partial charge in [0.15, 0.2) is 0 Å². The zero-order valence-electron chi connectivity index (χ0n) is 16.7. The Kier molecular flexibility index (Phi) is 6.90. The molecule has 9 nitrogen and oxygen atoms in total. The highest BCUT2D eigenvalue weighted by molar-refractivity contribution is 9.10. The van der Waals surface area contributed by atoms with Gasteiger partial charge in [-0.2, -0.15) is 20.1 Å². The van der Waals surface area contributed by atoms with E-state index in [1.807, 2.05) is 35.2 Å². The Balaban J connectivity index is 1.53. The SMILES string of the molecule is Oc1ccc(Br)cc1C=NNc1nc(NCc2ccccc2)nc(N2CCOCC2)n1. The van der Waals surface area contributed by atoms with E-state index >= 15 is 0 Å². The second-order valence-electron chi connectivity index (χ2n) is 6.79. The molecule has 4 rings (SSSR count). The number of anilines is 3. The van der Waals surface area contributed by atoms with Crippen LogP contribution in [0.5, 0.6) is 5.75 Å². The summed E-state index contributed by atoms with van der Waals surface area (Å²) in [7, 11) is 0. The molecule has 1 aromatic heterocycles. The van der Waals surface area contributed by atoms with Crippen LogP contribution in [-0.4, -0.2) is 52.6 Å². The van der Waals surface area contributed by atoms with Crippen molar-refractivity contribution >= 4 is 40.0 Å². The van der Waals surface area contributed by atoms with Crippen molar-refractivity contribution in [2.45, 2.75) is 6.54 Å². The maximum absolute atomic E-state index is 9.96. The van der Waals surface area contributed by atoms with E-state index < -0.39 is 0 Å². The minimum absolute atomic E-state index is 0.128. The number of benzene rings is 2. The van der Waals surface area contributed by atoms with Crippen LogP contribution < -0.4 is 15.6 Å². The third kappa shape index (κ3) is 5.89. The number of nitrogens with zero attached hydrogens (tertiary/aromatic N) is 5. The maximum Gasteiger partial charge on any atom is 0.250 e. The molecule has 160 valence electrons. The third-order valence-corrected chi connectivity index (χ3v) is 5.06. The molecule has 1 fully saturated rings. The lowest BCUT2D eigenvalue weighted by Gasteiger charge is -2.27. The molecule has 2 heterocycles. The van der Waals surface area contributed by atoms with Crippen molar-refractivity contribution in [3.8, 4) is 5.75 Å². The lowest BCUT2D eigenvalue weighted by molar-refractivity contribution is 0.122. The van der Waals surface area contributed by atoms with Gasteiger partial charge in [0.25, 0.3) is 0 Å². The van der Waals surface area contributed by atoms with Gasteiger partial charge in [0, 0.05) is 29.7 Å². The van der Waals surface area contributed by atoms with Crippen LogP contribution in [0.3, 0.4) is 0 Å². The zero-order valence-corrected chi connectivity index (χ0v) is 18.3. The number of ether oxygens (including phenoxy) is 1. The monoisotopic (exact) mass is 483 g/mol. The molecule has 0 amide bonds. The Morgan fingerprint density at radius 1 is 1.06 bits per heavy atom. The molecule has 1 saturated heterocycles. The largest absolute Gasteiger partial charge is 0.507 e. The second-order valence-corrected chi connectivity index (χ2v) is 7.71. The summed E-state index contributed by atoms with van der Waals surface area (Å²) in [6.07, 6.45) is 1.51. The molecule has 0 saturated carbocycles. The summed E-state index contributed by atoms with van der Waals surface area (Å²) in [4.78, 5) is 15.5. The van der Waals surface area contributed by atoms with Crippen LogP contribution in [-0.2, 0) is 11.3 Å². The molecule has 3 aromatic rings. The van der Waals surface area contributed by atoms with E-state index in [9.17, 15) is 5.11 Å². The fraction of sp³-hybridized carbons (Fsp3) is 0.238. The smallest absolute Gasteiger partial charge is 0.250 e. The van der Waals surface area contributed by atoms with E-state index in [0.717, 1.165) is 10.0 Å². The summed E-state index contributed by atoms with van der Waals surface area (Å²) >= 11 is 3.38. The lowest BCUT2D eigenvalue weighted by Crippen LogP contribution is -2.37. The molecule has 0 bridgehead atoms. The van der Waals surface area contributed by atoms with Crippen molar-refractivity contribution < 1.29 is 9.84 Å². The van der Waals surface area contributed by atoms with Gasteiger partial charge in [-0.1, -0.05) is 46.3 Å². The van der Waals surface area contributed by atoms with E-state index in [4.69, 9.17) is 4.74 Å². The fourth-order valence-corrected chi connectivity index (χ4v) is 3.34. The maximum atomic E-state index is 9.96. The summed E-state index contributed by atoms with van der Waals surface area (Å²) in [5, 5.41) is 17.4. The number of hydrazone groups is 1. The van der Waals surface area contributed by atoms with Crippen LogP contribution in [0.4, 0.5) is 17.8 Å². The molecule has 0 spiro atoms. The van der Waals surface area contributed by atoms with E-state index in [1.165, 1.54) is 6.21 Å². The van der Waals surface area contributed by atoms with Gasteiger partial charge < -0.3 is 20.1 Å². The number of rotatable bonds is 7. The summed E-state index contributed by atoms with van der Waals surface area (Å²) < 4.78 is 6.27. The summed E-state index contributed by atoms with van der Waals surface area (Å²) in [6.45, 7) is 3.25. The normalized spacial score (nSPS) is 14.0. The van der Waals surface area contributed by atoms with Crippen molar-refractivity contribution in [3.05, 3.63) is 64.1 Å². The molecule has 1 aliphatic heterocycles. The number of aromatic nitrogens is 3. The van der Waals surface area contributed by atoms with Crippen molar-refractivity contribution in [3.63, 3.8) is 0 Å². The van der Waals surface area contributed by atoms with Gasteiger partial charge in [-0.25, -0.2) is 5.43 Å². The fourth-order valence-electron chi connectivity index (χ4n) is 2.96. The first-order chi connectivity index (χ1) is 15.2. The van der Waals surface area contributed by atoms with Crippen molar-refractivity contribution in [1.82, 2.24) is 15.0 Å². The van der Waals surface area contributed by atoms with E-state index in [2.05, 4.69) is 46.7 Å². The number of hydrogen-bond donors (Lipinski definition) is 3. The summed E-state index contributed by atoms with van der Waals surface area (Å²) in [5.74, 6) is 1.43. The molecule has 31 heavy (non-hydrogen) atoms. The minimum Gasteiger partial charge on any atom is -0.507 e. The van der Waals surface area contributed by atoms with Gasteiger partial charge in [0.05, 0.1) is 19.4 Å². The van der Waals surface area contributed by atoms with Crippen LogP contribution in [0.2, 0.25) is 0 Å². The first-order valence-corrected chi connectivity index (χ1v) is 10.6. The van der Waals surface area contributed by atoms with E-state index in [-0.39, 0.29) is 5.75 Å². The summed E-state index contributed by atoms with van der Waals surface area (Å²) in [5.41, 5.74) is 4.52. The first-order valence-electron chi connectivity index (χ1n) is 9.81. The standard InChI is InChI=1S/C21H22BrN7O2/c22-17-6-7-18(30)16(12-17)14-24-28-20-25-19(23-13-15-4-2-1-3-5-15)26-21(27-20)29-8-10-31-11-9-29/h1-7,12,14,30H,8-11,13H2,(H2,23,25,26,27,28). The molecular formula is C21H22BrN7O2. The van der Waals surface area contributed by atoms with Crippen molar-refractivity contribution in [1.29, 1.82) is 0 Å². The molecule has 2 aromatic carbocycles. The number of halogens is 1. The molecule has 10 heteroatoms. The average molecular weight is 484 g/mol. The van der Waals surface area contributed by atoms with Crippen molar-refractivity contribution in [2.24, 2.45) is 5.10 Å². The lowest BCUT2D eigenvalue weighted by atomic mass is 10.2. The van der Waals surface area contributed by atoms with Crippen LogP contribution in [0.15, 0.2) is 58.1 Å². The number of phenols is 1. The molecule has 0 aliphatic carbocycles. The van der Waals surface area contributed by atoms with E-state index in [0.29, 0.717) is 56.3 Å². The third-order valence-electron chi connectivity index (χ3n) is 4.57. The number of morpholine rings is 1. The number of aromatic hydroxyl groups is 1. The molecule has 1 aliphatic rings. The van der Waals surface area contributed by atoms with Gasteiger partial charge in [-0.05, 0) is 23.8 Å². The Labute approximate surface area is 188 Å². The minimum atomic E-state index is 0.128. The first kappa shape index (κ1) is 21.0. The van der Waals surface area contributed by atoms with Crippen LogP contribution >= 0.6 is 15.9 Å². The molecule has 0 atom stereocenters. The van der Waals surface area contributed by atoms with Crippen LogP contribution in [0.25, 0.3) is 0 Å². The Bertz CT molecular complexity index is 1040. The van der Waals surface area contributed by atoms with Gasteiger partial charge in [-0.3, -0.25) is 0 Å². The number of nitrogens with one attached hydrogen (secondary N) is 2. The Hall–Kier alpha value is -3.24. The van der Waals surface area contributed by atoms with Crippen LogP contribution in [0.1, 0.15) is 11.1 Å². The predicted octanol–water partition coefficient (Wildman–Crippen LogP) is 3.23. The van der Waals surface area contributed by atoms with Gasteiger partial charge >= 0.3 is 0 Å². The number of hydrogen-bond acceptors (Lipinski definition) is 9. The predicted molar refractivity (Wildman–Crippen MR) is 124 cm³/mol. The molecule has 3 N–H and O–H groups in total. The molecule has 0 radical (unpaired) electrons. The zero-order chi connectivity index (χ0) is 21.5. The van der Waals surface area contributed by atoms with Crippen molar-refractivity contribution in [2.75, 3.05) is 41.9 Å². The Morgan fingerprint density at radius 3 is 2.65 bits per heavy atom. The van der Waals surface area contributed by atoms with Gasteiger partial charge in [0.2, 0.25) is 17.8 Å². The molecule has 0 unspecified atom stereocenters. The summed E-state index contributed by atoms with van der Waals surface area (Å²) in [6, 6.07) is 15.1.